The number of aliphatic hydroxyl groups excluding tert-OH is 1. The Labute approximate surface area is 206 Å². The van der Waals surface area contributed by atoms with Crippen LogP contribution in [0.25, 0.3) is 5.76 Å². The molecule has 2 aromatic carbocycles. The Morgan fingerprint density at radius 2 is 1.89 bits per heavy atom. The minimum Gasteiger partial charge on any atom is -0.507 e. The zero-order valence-corrected chi connectivity index (χ0v) is 19.8. The predicted octanol–water partition coefficient (Wildman–Crippen LogP) is 5.85. The van der Waals surface area contributed by atoms with Gasteiger partial charge in [-0.3, -0.25) is 9.59 Å². The van der Waals surface area contributed by atoms with E-state index >= 15 is 0 Å². The standard InChI is InChI=1S/C28H23NO5S/c1-18-5-2-6-19(15-18)17-34-21-11-9-20(10-12-21)26(30)24-25(23-8-4-14-35-23)29(28(32)27(24)31)16-22-7-3-13-33-22/h2-15,25,30H,16-17H2,1H3/t25-/m0/s1. The highest BCUT2D eigenvalue weighted by molar-refractivity contribution is 7.10. The lowest BCUT2D eigenvalue weighted by molar-refractivity contribution is -0.140. The first kappa shape index (κ1) is 22.7. The minimum atomic E-state index is -0.716. The number of aryl methyl sites for hydroxylation is 1. The lowest BCUT2D eigenvalue weighted by Gasteiger charge is -2.23. The van der Waals surface area contributed by atoms with Crippen molar-refractivity contribution in [3.05, 3.63) is 117 Å². The third-order valence-electron chi connectivity index (χ3n) is 5.87. The van der Waals surface area contributed by atoms with Crippen molar-refractivity contribution in [3.8, 4) is 5.75 Å². The van der Waals surface area contributed by atoms with Crippen molar-refractivity contribution >= 4 is 28.8 Å². The number of ketones is 1. The van der Waals surface area contributed by atoms with Gasteiger partial charge in [-0.15, -0.1) is 11.3 Å². The summed E-state index contributed by atoms with van der Waals surface area (Å²) >= 11 is 1.42. The van der Waals surface area contributed by atoms with Crippen LogP contribution in [0.4, 0.5) is 0 Å². The van der Waals surface area contributed by atoms with Crippen LogP contribution in [0, 0.1) is 6.92 Å². The fraction of sp³-hybridized carbons (Fsp3) is 0.143. The van der Waals surface area contributed by atoms with E-state index in [4.69, 9.17) is 9.15 Å². The smallest absolute Gasteiger partial charge is 0.296 e. The van der Waals surface area contributed by atoms with Gasteiger partial charge in [0.15, 0.2) is 0 Å². The first-order valence-electron chi connectivity index (χ1n) is 11.1. The van der Waals surface area contributed by atoms with Gasteiger partial charge in [-0.2, -0.15) is 0 Å². The number of carbonyl (C=O) groups excluding carboxylic acids is 2. The van der Waals surface area contributed by atoms with Gasteiger partial charge in [-0.05, 0) is 60.3 Å². The number of hydrogen-bond acceptors (Lipinski definition) is 6. The first-order valence-corrected chi connectivity index (χ1v) is 12.0. The first-order chi connectivity index (χ1) is 17.0. The van der Waals surface area contributed by atoms with Crippen LogP contribution < -0.4 is 4.74 Å². The number of ether oxygens (including phenoxy) is 1. The maximum Gasteiger partial charge on any atom is 0.296 e. The Morgan fingerprint density at radius 1 is 1.06 bits per heavy atom. The van der Waals surface area contributed by atoms with Crippen molar-refractivity contribution in [3.63, 3.8) is 0 Å². The van der Waals surface area contributed by atoms with Crippen molar-refractivity contribution < 1.29 is 23.8 Å². The average Bonchev–Trinajstić information content (AvgIpc) is 3.62. The van der Waals surface area contributed by atoms with Crippen LogP contribution in [0.3, 0.4) is 0 Å². The van der Waals surface area contributed by atoms with Crippen molar-refractivity contribution in [2.45, 2.75) is 26.1 Å². The molecule has 0 aliphatic carbocycles. The summed E-state index contributed by atoms with van der Waals surface area (Å²) in [6.07, 6.45) is 1.52. The lowest BCUT2D eigenvalue weighted by Crippen LogP contribution is -2.28. The highest BCUT2D eigenvalue weighted by Crippen LogP contribution is 2.42. The van der Waals surface area contributed by atoms with E-state index in [-0.39, 0.29) is 17.9 Å². The van der Waals surface area contributed by atoms with E-state index in [2.05, 4.69) is 6.07 Å². The fourth-order valence-electron chi connectivity index (χ4n) is 4.19. The highest BCUT2D eigenvalue weighted by Gasteiger charge is 2.46. The van der Waals surface area contributed by atoms with E-state index in [1.165, 1.54) is 22.5 Å². The topological polar surface area (TPSA) is 80.0 Å². The van der Waals surface area contributed by atoms with Crippen molar-refractivity contribution in [2.75, 3.05) is 0 Å². The molecule has 4 aromatic rings. The Balaban J connectivity index is 1.43. The van der Waals surface area contributed by atoms with Gasteiger partial charge >= 0.3 is 0 Å². The molecule has 0 radical (unpaired) electrons. The normalized spacial score (nSPS) is 17.2. The number of likely N-dealkylation sites (tertiary alicyclic amines) is 1. The van der Waals surface area contributed by atoms with Gasteiger partial charge in [0.2, 0.25) is 0 Å². The van der Waals surface area contributed by atoms with Crippen molar-refractivity contribution in [2.24, 2.45) is 0 Å². The van der Waals surface area contributed by atoms with E-state index in [0.717, 1.165) is 16.0 Å². The van der Waals surface area contributed by atoms with E-state index in [9.17, 15) is 14.7 Å². The van der Waals surface area contributed by atoms with Gasteiger partial charge in [0, 0.05) is 10.4 Å². The summed E-state index contributed by atoms with van der Waals surface area (Å²) in [5, 5.41) is 13.0. The SMILES string of the molecule is Cc1cccc(COc2ccc(C(O)=C3C(=O)C(=O)N(Cc4ccco4)[C@H]3c3cccs3)cc2)c1. The summed E-state index contributed by atoms with van der Waals surface area (Å²) in [5.74, 6) is -0.402. The van der Waals surface area contributed by atoms with Crippen molar-refractivity contribution in [1.82, 2.24) is 4.90 Å². The third kappa shape index (κ3) is 4.63. The van der Waals surface area contributed by atoms with Crippen molar-refractivity contribution in [1.29, 1.82) is 0 Å². The minimum absolute atomic E-state index is 0.0671. The molecule has 5 rings (SSSR count). The number of amides is 1. The van der Waals surface area contributed by atoms with Gasteiger partial charge in [0.25, 0.3) is 11.7 Å². The zero-order valence-electron chi connectivity index (χ0n) is 19.0. The van der Waals surface area contributed by atoms with E-state index < -0.39 is 17.7 Å². The summed E-state index contributed by atoms with van der Waals surface area (Å²) in [6, 6.07) is 21.4. The Hall–Kier alpha value is -4.10. The number of carbonyl (C=O) groups is 2. The molecule has 2 aromatic heterocycles. The Kier molecular flexibility index (Phi) is 6.25. The van der Waals surface area contributed by atoms with Gasteiger partial charge in [-0.25, -0.2) is 0 Å². The molecule has 0 unspecified atom stereocenters. The number of benzene rings is 2. The second-order valence-electron chi connectivity index (χ2n) is 8.32. The summed E-state index contributed by atoms with van der Waals surface area (Å²) in [4.78, 5) is 28.2. The molecule has 0 spiro atoms. The number of rotatable bonds is 7. The molecule has 3 heterocycles. The zero-order chi connectivity index (χ0) is 24.4. The van der Waals surface area contributed by atoms with Crippen LogP contribution >= 0.6 is 11.3 Å². The molecule has 176 valence electrons. The molecule has 1 N–H and O–H groups in total. The molecule has 7 heteroatoms. The molecule has 1 aliphatic heterocycles. The predicted molar refractivity (Wildman–Crippen MR) is 133 cm³/mol. The number of furan rings is 1. The average molecular weight is 486 g/mol. The van der Waals surface area contributed by atoms with E-state index in [1.54, 1.807) is 36.4 Å². The largest absolute Gasteiger partial charge is 0.507 e. The number of nitrogens with zero attached hydrogens (tertiary/aromatic N) is 1. The summed E-state index contributed by atoms with van der Waals surface area (Å²) < 4.78 is 11.3. The third-order valence-corrected chi connectivity index (χ3v) is 6.80. The fourth-order valence-corrected chi connectivity index (χ4v) is 5.03. The molecule has 35 heavy (non-hydrogen) atoms. The Morgan fingerprint density at radius 3 is 2.57 bits per heavy atom. The second-order valence-corrected chi connectivity index (χ2v) is 9.30. The second kappa shape index (κ2) is 9.64. The number of Topliss-reactive ketones (excluding diaryl/α,β-unsaturated/α-hetero) is 1. The molecule has 6 nitrogen and oxygen atoms in total. The van der Waals surface area contributed by atoms with Crippen LogP contribution in [0.15, 0.2) is 94.4 Å². The van der Waals surface area contributed by atoms with Gasteiger partial charge in [0.05, 0.1) is 18.4 Å². The van der Waals surface area contributed by atoms with Crippen LogP contribution in [0.2, 0.25) is 0 Å². The van der Waals surface area contributed by atoms with Crippen LogP contribution in [0.5, 0.6) is 5.75 Å². The number of thiophene rings is 1. The lowest BCUT2D eigenvalue weighted by atomic mass is 10.00. The molecular formula is C28H23NO5S. The monoisotopic (exact) mass is 485 g/mol. The molecule has 1 atom stereocenters. The number of hydrogen-bond donors (Lipinski definition) is 1. The maximum absolute atomic E-state index is 13.1. The molecule has 1 fully saturated rings. The molecular weight excluding hydrogens is 462 g/mol. The van der Waals surface area contributed by atoms with E-state index in [1.807, 2.05) is 42.6 Å². The maximum atomic E-state index is 13.1. The van der Waals surface area contributed by atoms with E-state index in [0.29, 0.717) is 23.7 Å². The summed E-state index contributed by atoms with van der Waals surface area (Å²) in [6.45, 7) is 2.58. The molecule has 1 amide bonds. The summed E-state index contributed by atoms with van der Waals surface area (Å²) in [7, 11) is 0. The highest BCUT2D eigenvalue weighted by atomic mass is 32.1. The summed E-state index contributed by atoms with van der Waals surface area (Å²) in [5.41, 5.74) is 2.72. The molecule has 0 saturated carbocycles. The Bertz CT molecular complexity index is 1370. The van der Waals surface area contributed by atoms with Gasteiger partial charge in [0.1, 0.15) is 29.9 Å². The van der Waals surface area contributed by atoms with Crippen LogP contribution in [-0.4, -0.2) is 21.7 Å². The molecule has 1 aliphatic rings. The van der Waals surface area contributed by atoms with Gasteiger partial charge in [-0.1, -0.05) is 35.9 Å². The quantitative estimate of drug-likeness (QED) is 0.202. The molecule has 0 bridgehead atoms. The van der Waals surface area contributed by atoms with Crippen LogP contribution in [-0.2, 0) is 22.7 Å². The van der Waals surface area contributed by atoms with Gasteiger partial charge < -0.3 is 19.2 Å². The molecule has 1 saturated heterocycles. The van der Waals surface area contributed by atoms with Crippen LogP contribution in [0.1, 0.15) is 33.4 Å². The number of aliphatic hydroxyl groups is 1.